The number of amides is 1. The van der Waals surface area contributed by atoms with Crippen LogP contribution in [-0.4, -0.2) is 18.0 Å². The molecule has 3 nitrogen and oxygen atoms in total. The van der Waals surface area contributed by atoms with Crippen LogP contribution in [0.15, 0.2) is 54.6 Å². The highest BCUT2D eigenvalue weighted by Crippen LogP contribution is 2.19. The van der Waals surface area contributed by atoms with Crippen LogP contribution < -0.4 is 11.1 Å². The third-order valence-electron chi connectivity index (χ3n) is 3.17. The second-order valence-corrected chi connectivity index (χ2v) is 6.01. The zero-order valence-electron chi connectivity index (χ0n) is 13.0. The number of nitrogens with one attached hydrogen (secondary N) is 1. The summed E-state index contributed by atoms with van der Waals surface area (Å²) in [5.41, 5.74) is 8.80. The standard InChI is InChI=1S/C18H22N2O.ClH/c1-18(2,19)13-20-17(21)12-14-8-10-16(11-9-14)15-6-4-3-5-7-15;/h3-11H,12-13,19H2,1-2H3,(H,20,21);1H. The number of rotatable bonds is 5. The molecule has 0 unspecified atom stereocenters. The minimum absolute atomic E-state index is 0. The summed E-state index contributed by atoms with van der Waals surface area (Å²) < 4.78 is 0. The summed E-state index contributed by atoms with van der Waals surface area (Å²) in [5.74, 6) is 0.000913. The van der Waals surface area contributed by atoms with Crippen LogP contribution in [0.25, 0.3) is 11.1 Å². The summed E-state index contributed by atoms with van der Waals surface area (Å²) in [6, 6.07) is 18.3. The van der Waals surface area contributed by atoms with Gasteiger partial charge in [-0.05, 0) is 30.5 Å². The van der Waals surface area contributed by atoms with Gasteiger partial charge >= 0.3 is 0 Å². The van der Waals surface area contributed by atoms with Crippen molar-refractivity contribution < 1.29 is 4.79 Å². The Morgan fingerprint density at radius 1 is 1.00 bits per heavy atom. The Balaban J connectivity index is 0.00000242. The molecule has 0 heterocycles. The maximum atomic E-state index is 11.8. The van der Waals surface area contributed by atoms with Crippen molar-refractivity contribution in [3.05, 3.63) is 60.2 Å². The lowest BCUT2D eigenvalue weighted by Crippen LogP contribution is -2.45. The molecule has 0 radical (unpaired) electrons. The van der Waals surface area contributed by atoms with E-state index in [2.05, 4.69) is 17.4 Å². The van der Waals surface area contributed by atoms with Crippen molar-refractivity contribution in [2.45, 2.75) is 25.8 Å². The van der Waals surface area contributed by atoms with Gasteiger partial charge in [0.05, 0.1) is 6.42 Å². The first-order chi connectivity index (χ1) is 9.94. The van der Waals surface area contributed by atoms with Crippen LogP contribution in [0.3, 0.4) is 0 Å². The number of carbonyl (C=O) groups is 1. The maximum absolute atomic E-state index is 11.8. The number of nitrogens with two attached hydrogens (primary N) is 1. The molecule has 118 valence electrons. The molecule has 0 atom stereocenters. The molecule has 22 heavy (non-hydrogen) atoms. The van der Waals surface area contributed by atoms with Crippen LogP contribution in [-0.2, 0) is 11.2 Å². The van der Waals surface area contributed by atoms with Crippen LogP contribution in [0.5, 0.6) is 0 Å². The average molecular weight is 319 g/mol. The van der Waals surface area contributed by atoms with Gasteiger partial charge in [0.1, 0.15) is 0 Å². The van der Waals surface area contributed by atoms with Gasteiger partial charge in [0.2, 0.25) is 5.91 Å². The summed E-state index contributed by atoms with van der Waals surface area (Å²) >= 11 is 0. The van der Waals surface area contributed by atoms with E-state index in [1.54, 1.807) is 0 Å². The van der Waals surface area contributed by atoms with E-state index in [-0.39, 0.29) is 23.9 Å². The van der Waals surface area contributed by atoms with E-state index in [4.69, 9.17) is 5.73 Å². The first-order valence-corrected chi connectivity index (χ1v) is 7.14. The molecule has 0 fully saturated rings. The van der Waals surface area contributed by atoms with E-state index >= 15 is 0 Å². The first-order valence-electron chi connectivity index (χ1n) is 7.14. The average Bonchev–Trinajstić information content (AvgIpc) is 2.46. The van der Waals surface area contributed by atoms with E-state index in [1.165, 1.54) is 5.56 Å². The van der Waals surface area contributed by atoms with Crippen molar-refractivity contribution in [3.63, 3.8) is 0 Å². The van der Waals surface area contributed by atoms with Crippen LogP contribution in [0.4, 0.5) is 0 Å². The molecule has 0 aliphatic heterocycles. The Hall–Kier alpha value is -1.84. The lowest BCUT2D eigenvalue weighted by molar-refractivity contribution is -0.120. The molecule has 0 aliphatic carbocycles. The summed E-state index contributed by atoms with van der Waals surface area (Å²) in [6.07, 6.45) is 0.380. The predicted molar refractivity (Wildman–Crippen MR) is 94.1 cm³/mol. The molecule has 0 saturated carbocycles. The zero-order chi connectivity index (χ0) is 15.3. The second kappa shape index (κ2) is 7.97. The molecular formula is C18H23ClN2O. The van der Waals surface area contributed by atoms with Gasteiger partial charge in [0.15, 0.2) is 0 Å². The Labute approximate surface area is 138 Å². The predicted octanol–water partition coefficient (Wildman–Crippen LogP) is 3.17. The van der Waals surface area contributed by atoms with E-state index in [1.807, 2.05) is 56.3 Å². The molecule has 1 amide bonds. The minimum atomic E-state index is -0.382. The van der Waals surface area contributed by atoms with Crippen molar-refractivity contribution in [2.75, 3.05) is 6.54 Å². The molecule has 0 saturated heterocycles. The fourth-order valence-electron chi connectivity index (χ4n) is 2.02. The van der Waals surface area contributed by atoms with Gasteiger partial charge in [-0.3, -0.25) is 4.79 Å². The number of hydrogen-bond donors (Lipinski definition) is 2. The van der Waals surface area contributed by atoms with Crippen LogP contribution in [0.2, 0.25) is 0 Å². The zero-order valence-corrected chi connectivity index (χ0v) is 13.8. The highest BCUT2D eigenvalue weighted by molar-refractivity contribution is 5.85. The summed E-state index contributed by atoms with van der Waals surface area (Å²) in [5, 5.41) is 2.85. The molecule has 2 aromatic carbocycles. The first kappa shape index (κ1) is 18.2. The van der Waals surface area contributed by atoms with E-state index in [0.29, 0.717) is 13.0 Å². The number of carbonyl (C=O) groups excluding carboxylic acids is 1. The molecule has 4 heteroatoms. The van der Waals surface area contributed by atoms with Gasteiger partial charge in [-0.1, -0.05) is 54.6 Å². The van der Waals surface area contributed by atoms with Crippen LogP contribution in [0, 0.1) is 0 Å². The fraction of sp³-hybridized carbons (Fsp3) is 0.278. The molecule has 0 bridgehead atoms. The smallest absolute Gasteiger partial charge is 0.224 e. The van der Waals surface area contributed by atoms with Gasteiger partial charge in [-0.25, -0.2) is 0 Å². The second-order valence-electron chi connectivity index (χ2n) is 6.01. The highest BCUT2D eigenvalue weighted by Gasteiger charge is 2.12. The molecule has 0 spiro atoms. The Kier molecular flexibility index (Phi) is 6.60. The van der Waals surface area contributed by atoms with Crippen molar-refractivity contribution in [1.82, 2.24) is 5.32 Å². The van der Waals surface area contributed by atoms with Crippen molar-refractivity contribution in [1.29, 1.82) is 0 Å². The quantitative estimate of drug-likeness (QED) is 0.889. The number of halogens is 1. The highest BCUT2D eigenvalue weighted by atomic mass is 35.5. The maximum Gasteiger partial charge on any atom is 0.224 e. The van der Waals surface area contributed by atoms with Crippen molar-refractivity contribution >= 4 is 18.3 Å². The molecule has 3 N–H and O–H groups in total. The minimum Gasteiger partial charge on any atom is -0.354 e. The molecule has 0 aliphatic rings. The van der Waals surface area contributed by atoms with Gasteiger partial charge in [0.25, 0.3) is 0 Å². The van der Waals surface area contributed by atoms with Crippen molar-refractivity contribution in [2.24, 2.45) is 5.73 Å². The summed E-state index contributed by atoms with van der Waals surface area (Å²) in [6.45, 7) is 4.26. The van der Waals surface area contributed by atoms with Crippen LogP contribution >= 0.6 is 12.4 Å². The fourth-order valence-corrected chi connectivity index (χ4v) is 2.02. The summed E-state index contributed by atoms with van der Waals surface area (Å²) in [4.78, 5) is 11.8. The lowest BCUT2D eigenvalue weighted by atomic mass is 10.0. The third-order valence-corrected chi connectivity index (χ3v) is 3.17. The number of benzene rings is 2. The van der Waals surface area contributed by atoms with E-state index < -0.39 is 0 Å². The third kappa shape index (κ3) is 5.88. The topological polar surface area (TPSA) is 55.1 Å². The van der Waals surface area contributed by atoms with Gasteiger partial charge < -0.3 is 11.1 Å². The van der Waals surface area contributed by atoms with Crippen molar-refractivity contribution in [3.8, 4) is 11.1 Å². The Bertz CT molecular complexity index is 589. The molecule has 0 aromatic heterocycles. The largest absolute Gasteiger partial charge is 0.354 e. The number of hydrogen-bond acceptors (Lipinski definition) is 2. The molecule has 2 rings (SSSR count). The van der Waals surface area contributed by atoms with E-state index in [9.17, 15) is 4.79 Å². The SMILES string of the molecule is CC(C)(N)CNC(=O)Cc1ccc(-c2ccccc2)cc1.Cl. The summed E-state index contributed by atoms with van der Waals surface area (Å²) in [7, 11) is 0. The van der Waals surface area contributed by atoms with Gasteiger partial charge in [0, 0.05) is 12.1 Å². The Morgan fingerprint density at radius 2 is 1.55 bits per heavy atom. The van der Waals surface area contributed by atoms with Crippen LogP contribution in [0.1, 0.15) is 19.4 Å². The Morgan fingerprint density at radius 3 is 2.09 bits per heavy atom. The van der Waals surface area contributed by atoms with Gasteiger partial charge in [-0.2, -0.15) is 0 Å². The van der Waals surface area contributed by atoms with Gasteiger partial charge in [-0.15, -0.1) is 12.4 Å². The van der Waals surface area contributed by atoms with E-state index in [0.717, 1.165) is 11.1 Å². The lowest BCUT2D eigenvalue weighted by Gasteiger charge is -2.18. The normalized spacial score (nSPS) is 10.7. The molecule has 2 aromatic rings. The monoisotopic (exact) mass is 318 g/mol. The molecular weight excluding hydrogens is 296 g/mol.